The number of benzene rings is 2. The Morgan fingerprint density at radius 1 is 0.952 bits per heavy atom. The molecule has 0 atom stereocenters. The first-order valence-corrected chi connectivity index (χ1v) is 6.53. The van der Waals surface area contributed by atoms with Gasteiger partial charge in [-0.05, 0) is 24.1 Å². The summed E-state index contributed by atoms with van der Waals surface area (Å²) < 4.78 is 38.5. The Balaban J connectivity index is 2.06. The van der Waals surface area contributed by atoms with Gasteiger partial charge in [-0.15, -0.1) is 0 Å². The number of phenols is 1. The molecule has 21 heavy (non-hydrogen) atoms. The number of aromatic hydroxyl groups is 1. The number of nitrogens with one attached hydrogen (secondary N) is 1. The molecule has 0 unspecified atom stereocenters. The summed E-state index contributed by atoms with van der Waals surface area (Å²) in [5.41, 5.74) is 0.965. The van der Waals surface area contributed by atoms with Crippen LogP contribution in [0, 0.1) is 6.92 Å². The molecule has 0 radical (unpaired) electrons. The molecule has 2 N–H and O–H groups in total. The standard InChI is InChI=1S/C16H16F3NO/c1-11-5-4-7-13(15(11)21)10-20-9-12-6-2-3-8-14(12)16(17,18)19/h2-8,20-21H,9-10H2,1H3. The minimum Gasteiger partial charge on any atom is -0.507 e. The third kappa shape index (κ3) is 3.76. The maximum atomic E-state index is 12.8. The number of hydrogen-bond acceptors (Lipinski definition) is 2. The van der Waals surface area contributed by atoms with Gasteiger partial charge in [0, 0.05) is 18.7 Å². The first-order chi connectivity index (χ1) is 9.89. The molecule has 0 fully saturated rings. The SMILES string of the molecule is Cc1cccc(CNCc2ccccc2C(F)(F)F)c1O. The molecule has 2 rings (SSSR count). The Labute approximate surface area is 121 Å². The zero-order valence-corrected chi connectivity index (χ0v) is 11.5. The molecule has 5 heteroatoms. The normalized spacial score (nSPS) is 11.6. The van der Waals surface area contributed by atoms with E-state index in [1.807, 2.05) is 0 Å². The Hall–Kier alpha value is -2.01. The van der Waals surface area contributed by atoms with Crippen LogP contribution in [0.5, 0.6) is 5.75 Å². The largest absolute Gasteiger partial charge is 0.507 e. The number of aryl methyl sites for hydroxylation is 1. The van der Waals surface area contributed by atoms with Crippen molar-refractivity contribution in [2.45, 2.75) is 26.2 Å². The number of alkyl halides is 3. The van der Waals surface area contributed by atoms with Gasteiger partial charge >= 0.3 is 6.18 Å². The van der Waals surface area contributed by atoms with Crippen LogP contribution in [0.15, 0.2) is 42.5 Å². The first-order valence-electron chi connectivity index (χ1n) is 6.53. The molecule has 0 heterocycles. The van der Waals surface area contributed by atoms with Gasteiger partial charge in [0.2, 0.25) is 0 Å². The maximum absolute atomic E-state index is 12.8. The summed E-state index contributed by atoms with van der Waals surface area (Å²) in [5.74, 6) is 0.175. The predicted octanol–water partition coefficient (Wildman–Crippen LogP) is 4.01. The fraction of sp³-hybridized carbons (Fsp3) is 0.250. The Morgan fingerprint density at radius 3 is 2.29 bits per heavy atom. The highest BCUT2D eigenvalue weighted by Crippen LogP contribution is 2.31. The van der Waals surface area contributed by atoms with Gasteiger partial charge in [0.05, 0.1) is 5.56 Å². The van der Waals surface area contributed by atoms with Crippen LogP contribution < -0.4 is 5.32 Å². The van der Waals surface area contributed by atoms with Crippen molar-refractivity contribution in [3.63, 3.8) is 0 Å². The number of phenolic OH excluding ortho intramolecular Hbond substituents is 1. The molecule has 0 aliphatic heterocycles. The van der Waals surface area contributed by atoms with Gasteiger partial charge in [0.25, 0.3) is 0 Å². The molecule has 0 saturated carbocycles. The fourth-order valence-corrected chi connectivity index (χ4v) is 2.15. The number of hydrogen-bond donors (Lipinski definition) is 2. The van der Waals surface area contributed by atoms with E-state index >= 15 is 0 Å². The van der Waals surface area contributed by atoms with Crippen molar-refractivity contribution in [3.8, 4) is 5.75 Å². The lowest BCUT2D eigenvalue weighted by Crippen LogP contribution is -2.17. The maximum Gasteiger partial charge on any atom is 0.416 e. The molecule has 0 aliphatic carbocycles. The molecule has 0 aromatic heterocycles. The van der Waals surface area contributed by atoms with Crippen molar-refractivity contribution in [3.05, 3.63) is 64.7 Å². The van der Waals surface area contributed by atoms with Crippen LogP contribution in [0.4, 0.5) is 13.2 Å². The van der Waals surface area contributed by atoms with Crippen LogP contribution in [0.25, 0.3) is 0 Å². The molecule has 112 valence electrons. The monoisotopic (exact) mass is 295 g/mol. The van der Waals surface area contributed by atoms with Crippen LogP contribution in [-0.4, -0.2) is 5.11 Å². The van der Waals surface area contributed by atoms with E-state index < -0.39 is 11.7 Å². The topological polar surface area (TPSA) is 32.3 Å². The lowest BCUT2D eigenvalue weighted by molar-refractivity contribution is -0.138. The average molecular weight is 295 g/mol. The smallest absolute Gasteiger partial charge is 0.416 e. The van der Waals surface area contributed by atoms with E-state index in [1.165, 1.54) is 12.1 Å². The van der Waals surface area contributed by atoms with E-state index in [-0.39, 0.29) is 17.9 Å². The quantitative estimate of drug-likeness (QED) is 0.893. The van der Waals surface area contributed by atoms with Gasteiger partial charge in [-0.2, -0.15) is 13.2 Å². The zero-order chi connectivity index (χ0) is 15.5. The number of para-hydroxylation sites is 1. The van der Waals surface area contributed by atoms with Crippen LogP contribution in [0.1, 0.15) is 22.3 Å². The predicted molar refractivity (Wildman–Crippen MR) is 74.8 cm³/mol. The third-order valence-electron chi connectivity index (χ3n) is 3.27. The fourth-order valence-electron chi connectivity index (χ4n) is 2.15. The van der Waals surface area contributed by atoms with Gasteiger partial charge in [-0.25, -0.2) is 0 Å². The van der Waals surface area contributed by atoms with Crippen molar-refractivity contribution >= 4 is 0 Å². The Kier molecular flexibility index (Phi) is 4.53. The zero-order valence-electron chi connectivity index (χ0n) is 11.5. The molecular formula is C16H16F3NO. The van der Waals surface area contributed by atoms with E-state index in [2.05, 4.69) is 5.32 Å². The Morgan fingerprint density at radius 2 is 1.57 bits per heavy atom. The molecular weight excluding hydrogens is 279 g/mol. The minimum absolute atomic E-state index is 0.0864. The highest BCUT2D eigenvalue weighted by atomic mass is 19.4. The summed E-state index contributed by atoms with van der Waals surface area (Å²) in [6, 6.07) is 10.8. The van der Waals surface area contributed by atoms with Crippen LogP contribution in [-0.2, 0) is 19.3 Å². The third-order valence-corrected chi connectivity index (χ3v) is 3.27. The summed E-state index contributed by atoms with van der Waals surface area (Å²) in [6.45, 7) is 2.17. The minimum atomic E-state index is -4.36. The van der Waals surface area contributed by atoms with Crippen molar-refractivity contribution in [2.24, 2.45) is 0 Å². The number of rotatable bonds is 4. The van der Waals surface area contributed by atoms with Gasteiger partial charge in [0.1, 0.15) is 5.75 Å². The summed E-state index contributed by atoms with van der Waals surface area (Å²) in [7, 11) is 0. The highest BCUT2D eigenvalue weighted by molar-refractivity contribution is 5.39. The van der Waals surface area contributed by atoms with Crippen LogP contribution in [0.3, 0.4) is 0 Å². The molecule has 2 aromatic carbocycles. The van der Waals surface area contributed by atoms with Crippen LogP contribution >= 0.6 is 0 Å². The van der Waals surface area contributed by atoms with Crippen LogP contribution in [0.2, 0.25) is 0 Å². The average Bonchev–Trinajstić information content (AvgIpc) is 2.43. The van der Waals surface area contributed by atoms with E-state index in [0.29, 0.717) is 12.1 Å². The highest BCUT2D eigenvalue weighted by Gasteiger charge is 2.32. The number of halogens is 3. The lowest BCUT2D eigenvalue weighted by Gasteiger charge is -2.14. The van der Waals surface area contributed by atoms with E-state index in [1.54, 1.807) is 31.2 Å². The van der Waals surface area contributed by atoms with Gasteiger partial charge in [0.15, 0.2) is 0 Å². The van der Waals surface area contributed by atoms with Crippen molar-refractivity contribution in [2.75, 3.05) is 0 Å². The Bertz CT molecular complexity index is 623. The van der Waals surface area contributed by atoms with Gasteiger partial charge < -0.3 is 10.4 Å². The first kappa shape index (κ1) is 15.4. The summed E-state index contributed by atoms with van der Waals surface area (Å²) >= 11 is 0. The lowest BCUT2D eigenvalue weighted by atomic mass is 10.1. The van der Waals surface area contributed by atoms with Gasteiger partial charge in [-0.1, -0.05) is 36.4 Å². The van der Waals surface area contributed by atoms with Crippen molar-refractivity contribution in [1.82, 2.24) is 5.32 Å². The summed E-state index contributed by atoms with van der Waals surface area (Å²) in [5, 5.41) is 12.8. The van der Waals surface area contributed by atoms with Crippen molar-refractivity contribution in [1.29, 1.82) is 0 Å². The molecule has 0 saturated heterocycles. The summed E-state index contributed by atoms with van der Waals surface area (Å²) in [4.78, 5) is 0. The van der Waals surface area contributed by atoms with Gasteiger partial charge in [-0.3, -0.25) is 0 Å². The van der Waals surface area contributed by atoms with E-state index in [9.17, 15) is 18.3 Å². The molecule has 0 bridgehead atoms. The second-order valence-electron chi connectivity index (χ2n) is 4.84. The summed E-state index contributed by atoms with van der Waals surface area (Å²) in [6.07, 6.45) is -4.36. The second-order valence-corrected chi connectivity index (χ2v) is 4.84. The molecule has 0 amide bonds. The van der Waals surface area contributed by atoms with E-state index in [0.717, 1.165) is 11.6 Å². The van der Waals surface area contributed by atoms with E-state index in [4.69, 9.17) is 0 Å². The molecule has 2 aromatic rings. The molecule has 0 spiro atoms. The second kappa shape index (κ2) is 6.18. The molecule has 0 aliphatic rings. The van der Waals surface area contributed by atoms with Crippen molar-refractivity contribution < 1.29 is 18.3 Å². The molecule has 2 nitrogen and oxygen atoms in total.